The van der Waals surface area contributed by atoms with Gasteiger partial charge in [-0.25, -0.2) is 4.79 Å². The van der Waals surface area contributed by atoms with E-state index < -0.39 is 0 Å². The average molecular weight is 204 g/mol. The van der Waals surface area contributed by atoms with Crippen LogP contribution in [0, 0.1) is 0 Å². The Labute approximate surface area is 87.9 Å². The second-order valence-electron chi connectivity index (χ2n) is 3.42. The van der Waals surface area contributed by atoms with E-state index in [-0.39, 0.29) is 11.9 Å². The van der Waals surface area contributed by atoms with Crippen LogP contribution in [0.5, 0.6) is 0 Å². The van der Waals surface area contributed by atoms with Gasteiger partial charge in [0.2, 0.25) is 0 Å². The van der Waals surface area contributed by atoms with Crippen LogP contribution in [0.3, 0.4) is 0 Å². The summed E-state index contributed by atoms with van der Waals surface area (Å²) in [5.74, 6) is -0.212. The highest BCUT2D eigenvalue weighted by Crippen LogP contribution is 2.18. The highest BCUT2D eigenvalue weighted by molar-refractivity contribution is 6.05. The number of nitrogens with one attached hydrogen (secondary N) is 1. The summed E-state index contributed by atoms with van der Waals surface area (Å²) >= 11 is 0. The van der Waals surface area contributed by atoms with Crippen LogP contribution in [-0.2, 0) is 6.42 Å². The molecule has 15 heavy (non-hydrogen) atoms. The van der Waals surface area contributed by atoms with Crippen molar-refractivity contribution in [3.8, 4) is 0 Å². The number of urea groups is 1. The molecular weight excluding hydrogens is 192 g/mol. The van der Waals surface area contributed by atoms with Gasteiger partial charge in [-0.3, -0.25) is 9.69 Å². The van der Waals surface area contributed by atoms with Crippen molar-refractivity contribution in [2.24, 2.45) is 0 Å². The van der Waals surface area contributed by atoms with Crippen molar-refractivity contribution < 1.29 is 9.59 Å². The van der Waals surface area contributed by atoms with E-state index in [4.69, 9.17) is 0 Å². The van der Waals surface area contributed by atoms with Gasteiger partial charge in [-0.05, 0) is 18.1 Å². The second kappa shape index (κ2) is 3.73. The normalized spacial score (nSPS) is 14.7. The molecular formula is C11H12N2O2. The van der Waals surface area contributed by atoms with Crippen molar-refractivity contribution >= 4 is 11.9 Å². The van der Waals surface area contributed by atoms with Crippen molar-refractivity contribution in [1.82, 2.24) is 10.2 Å². The first-order valence-electron chi connectivity index (χ1n) is 4.85. The Bertz CT molecular complexity index is 415. The highest BCUT2D eigenvalue weighted by Gasteiger charge is 2.27. The van der Waals surface area contributed by atoms with Crippen molar-refractivity contribution in [3.63, 3.8) is 0 Å². The van der Waals surface area contributed by atoms with Crippen LogP contribution in [0.1, 0.15) is 15.9 Å². The van der Waals surface area contributed by atoms with E-state index in [9.17, 15) is 9.59 Å². The van der Waals surface area contributed by atoms with Gasteiger partial charge in [-0.15, -0.1) is 0 Å². The average Bonchev–Trinajstić information content (AvgIpc) is 2.29. The Hall–Kier alpha value is -1.84. The summed E-state index contributed by atoms with van der Waals surface area (Å²) < 4.78 is 0. The molecule has 0 aliphatic carbocycles. The lowest BCUT2D eigenvalue weighted by molar-refractivity contribution is 0.0788. The number of fused-ring (bicyclic) bond motifs is 1. The van der Waals surface area contributed by atoms with Gasteiger partial charge in [-0.1, -0.05) is 18.2 Å². The lowest BCUT2D eigenvalue weighted by Crippen LogP contribution is -2.46. The number of imide groups is 1. The summed E-state index contributed by atoms with van der Waals surface area (Å²) in [4.78, 5) is 24.5. The van der Waals surface area contributed by atoms with Crippen LogP contribution in [0.15, 0.2) is 24.3 Å². The predicted octanol–water partition coefficient (Wildman–Crippen LogP) is 1.02. The van der Waals surface area contributed by atoms with Gasteiger partial charge in [-0.2, -0.15) is 0 Å². The topological polar surface area (TPSA) is 49.4 Å². The lowest BCUT2D eigenvalue weighted by atomic mass is 9.99. The van der Waals surface area contributed by atoms with E-state index in [1.165, 1.54) is 11.9 Å². The minimum Gasteiger partial charge on any atom is -0.341 e. The smallest absolute Gasteiger partial charge is 0.324 e. The molecule has 1 aliphatic rings. The zero-order valence-corrected chi connectivity index (χ0v) is 8.49. The summed E-state index contributed by atoms with van der Waals surface area (Å²) in [5.41, 5.74) is 1.65. The van der Waals surface area contributed by atoms with E-state index in [1.807, 2.05) is 18.2 Å². The molecule has 0 fully saturated rings. The number of hydrogen-bond donors (Lipinski definition) is 1. The molecule has 0 aromatic heterocycles. The summed E-state index contributed by atoms with van der Waals surface area (Å²) in [6.45, 7) is 0.454. The van der Waals surface area contributed by atoms with Crippen LogP contribution in [-0.4, -0.2) is 30.4 Å². The van der Waals surface area contributed by atoms with Crippen molar-refractivity contribution in [1.29, 1.82) is 0 Å². The molecule has 1 aromatic rings. The molecule has 0 atom stereocenters. The molecule has 1 heterocycles. The number of nitrogens with zero attached hydrogens (tertiary/aromatic N) is 1. The first kappa shape index (κ1) is 9.71. The minimum absolute atomic E-state index is 0.212. The summed E-state index contributed by atoms with van der Waals surface area (Å²) in [5, 5.41) is 2.46. The first-order valence-corrected chi connectivity index (χ1v) is 4.85. The third kappa shape index (κ3) is 1.58. The van der Waals surface area contributed by atoms with Gasteiger partial charge in [0.05, 0.1) is 0 Å². The van der Waals surface area contributed by atoms with Gasteiger partial charge in [0, 0.05) is 19.2 Å². The molecule has 3 amide bonds. The zero-order valence-electron chi connectivity index (χ0n) is 8.49. The zero-order chi connectivity index (χ0) is 10.8. The fourth-order valence-corrected chi connectivity index (χ4v) is 1.75. The Morgan fingerprint density at radius 1 is 1.40 bits per heavy atom. The summed E-state index contributed by atoms with van der Waals surface area (Å²) in [6.07, 6.45) is 0.731. The number of rotatable bonds is 0. The number of amides is 3. The maximum absolute atomic E-state index is 11.9. The molecule has 4 nitrogen and oxygen atoms in total. The monoisotopic (exact) mass is 204 g/mol. The Kier molecular flexibility index (Phi) is 2.41. The van der Waals surface area contributed by atoms with Crippen molar-refractivity contribution in [2.45, 2.75) is 6.42 Å². The number of carbonyl (C=O) groups is 2. The van der Waals surface area contributed by atoms with Crippen LogP contribution in [0.4, 0.5) is 4.79 Å². The molecule has 0 bridgehead atoms. The molecule has 78 valence electrons. The molecule has 0 saturated heterocycles. The molecule has 0 radical (unpaired) electrons. The van der Waals surface area contributed by atoms with E-state index in [2.05, 4.69) is 5.32 Å². The maximum atomic E-state index is 11.9. The third-order valence-corrected chi connectivity index (χ3v) is 2.56. The van der Waals surface area contributed by atoms with Gasteiger partial charge in [0.25, 0.3) is 5.91 Å². The predicted molar refractivity (Wildman–Crippen MR) is 55.6 cm³/mol. The van der Waals surface area contributed by atoms with Crippen LogP contribution in [0.2, 0.25) is 0 Å². The second-order valence-corrected chi connectivity index (χ2v) is 3.42. The molecule has 4 heteroatoms. The van der Waals surface area contributed by atoms with Crippen molar-refractivity contribution in [2.75, 3.05) is 13.6 Å². The van der Waals surface area contributed by atoms with E-state index >= 15 is 0 Å². The molecule has 2 rings (SSSR count). The summed E-state index contributed by atoms with van der Waals surface area (Å²) in [6, 6.07) is 7.06. The lowest BCUT2D eigenvalue weighted by Gasteiger charge is -2.26. The number of carbonyl (C=O) groups excluding carboxylic acids is 2. The molecule has 1 aromatic carbocycles. The minimum atomic E-state index is -0.338. The molecule has 0 saturated carbocycles. The van der Waals surface area contributed by atoms with Crippen LogP contribution >= 0.6 is 0 Å². The van der Waals surface area contributed by atoms with Crippen LogP contribution in [0.25, 0.3) is 0 Å². The standard InChI is InChI=1S/C11H12N2O2/c1-12-11(15)13-7-6-8-4-2-3-5-9(8)10(13)14/h2-5H,6-7H2,1H3,(H,12,15). The molecule has 0 unspecified atom stereocenters. The Morgan fingerprint density at radius 2 is 2.13 bits per heavy atom. The van der Waals surface area contributed by atoms with Gasteiger partial charge in [0.15, 0.2) is 0 Å². The van der Waals surface area contributed by atoms with Crippen molar-refractivity contribution in [3.05, 3.63) is 35.4 Å². The largest absolute Gasteiger partial charge is 0.341 e. The van der Waals surface area contributed by atoms with E-state index in [0.717, 1.165) is 12.0 Å². The van der Waals surface area contributed by atoms with E-state index in [0.29, 0.717) is 12.1 Å². The Morgan fingerprint density at radius 3 is 2.87 bits per heavy atom. The fourth-order valence-electron chi connectivity index (χ4n) is 1.75. The number of benzene rings is 1. The van der Waals surface area contributed by atoms with E-state index in [1.54, 1.807) is 6.07 Å². The SMILES string of the molecule is CNC(=O)N1CCc2ccccc2C1=O. The first-order chi connectivity index (χ1) is 7.24. The molecule has 1 aliphatic heterocycles. The highest BCUT2D eigenvalue weighted by atomic mass is 16.2. The number of hydrogen-bond acceptors (Lipinski definition) is 2. The van der Waals surface area contributed by atoms with Gasteiger partial charge >= 0.3 is 6.03 Å². The summed E-state index contributed by atoms with van der Waals surface area (Å²) in [7, 11) is 1.52. The van der Waals surface area contributed by atoms with Crippen LogP contribution < -0.4 is 5.32 Å². The fraction of sp³-hybridized carbons (Fsp3) is 0.273. The maximum Gasteiger partial charge on any atom is 0.324 e. The van der Waals surface area contributed by atoms with Gasteiger partial charge in [0.1, 0.15) is 0 Å². The quantitative estimate of drug-likeness (QED) is 0.686. The molecule has 0 spiro atoms. The third-order valence-electron chi connectivity index (χ3n) is 2.56. The van der Waals surface area contributed by atoms with Gasteiger partial charge < -0.3 is 5.32 Å². The molecule has 1 N–H and O–H groups in total. The Balaban J connectivity index is 2.34.